The van der Waals surface area contributed by atoms with Crippen LogP contribution in [0.25, 0.3) is 0 Å². The van der Waals surface area contributed by atoms with E-state index in [0.717, 1.165) is 33.4 Å². The Morgan fingerprint density at radius 1 is 0.405 bits per heavy atom. The van der Waals surface area contributed by atoms with Crippen molar-refractivity contribution in [1.29, 1.82) is 0 Å². The molecule has 2 atom stereocenters. The van der Waals surface area contributed by atoms with Gasteiger partial charge >= 0.3 is 11.9 Å². The minimum atomic E-state index is -0.538. The largest absolute Gasteiger partial charge is 0.452 e. The van der Waals surface area contributed by atoms with Crippen LogP contribution in [0.15, 0.2) is 146 Å². The van der Waals surface area contributed by atoms with E-state index in [1.807, 2.05) is 159 Å². The molecule has 0 aliphatic heterocycles. The van der Waals surface area contributed by atoms with Crippen molar-refractivity contribution in [3.05, 3.63) is 179 Å². The van der Waals surface area contributed by atoms with Crippen molar-refractivity contribution in [1.82, 2.24) is 0 Å². The Bertz CT molecular complexity index is 1390. The molecule has 0 saturated heterocycles. The third kappa shape index (κ3) is 6.84. The first-order valence-electron chi connectivity index (χ1n) is 14.2. The summed E-state index contributed by atoms with van der Waals surface area (Å²) < 4.78 is 12.2. The predicted molar refractivity (Wildman–Crippen MR) is 165 cm³/mol. The molecule has 0 N–H and O–H groups in total. The Morgan fingerprint density at radius 2 is 0.667 bits per heavy atom. The summed E-state index contributed by atoms with van der Waals surface area (Å²) in [5.41, 5.74) is 5.17. The number of rotatable bonds is 10. The molecule has 210 valence electrons. The number of carbonyl (C=O) groups excluding carboxylic acids is 2. The van der Waals surface area contributed by atoms with E-state index in [0.29, 0.717) is 0 Å². The van der Waals surface area contributed by atoms with Crippen LogP contribution in [-0.2, 0) is 19.1 Å². The van der Waals surface area contributed by atoms with Gasteiger partial charge < -0.3 is 9.47 Å². The SMILES string of the molecule is C[C@@H](C(=O)OC(c1ccccc1)c1ccccc1)c1cccc([C@@H](C)C(=O)OC(c2ccccc2)c2ccccc2)c1. The second-order valence-electron chi connectivity index (χ2n) is 10.4. The van der Waals surface area contributed by atoms with Crippen molar-refractivity contribution >= 4 is 11.9 Å². The van der Waals surface area contributed by atoms with Crippen LogP contribution in [0.3, 0.4) is 0 Å². The fourth-order valence-electron chi connectivity index (χ4n) is 4.97. The van der Waals surface area contributed by atoms with Crippen molar-refractivity contribution in [2.75, 3.05) is 0 Å². The highest BCUT2D eigenvalue weighted by Gasteiger charge is 2.27. The van der Waals surface area contributed by atoms with Gasteiger partial charge in [-0.05, 0) is 47.2 Å². The third-order valence-corrected chi connectivity index (χ3v) is 7.50. The van der Waals surface area contributed by atoms with Gasteiger partial charge in [0.25, 0.3) is 0 Å². The lowest BCUT2D eigenvalue weighted by atomic mass is 9.93. The summed E-state index contributed by atoms with van der Waals surface area (Å²) >= 11 is 0. The van der Waals surface area contributed by atoms with Crippen LogP contribution in [0.4, 0.5) is 0 Å². The monoisotopic (exact) mass is 554 g/mol. The van der Waals surface area contributed by atoms with Gasteiger partial charge in [0.05, 0.1) is 11.8 Å². The molecule has 0 fully saturated rings. The summed E-state index contributed by atoms with van der Waals surface area (Å²) in [5, 5.41) is 0. The van der Waals surface area contributed by atoms with Crippen LogP contribution in [0, 0.1) is 0 Å². The van der Waals surface area contributed by atoms with Crippen LogP contribution in [-0.4, -0.2) is 11.9 Å². The zero-order chi connectivity index (χ0) is 29.3. The Hall–Kier alpha value is -4.96. The lowest BCUT2D eigenvalue weighted by Gasteiger charge is -2.23. The molecule has 0 aliphatic carbocycles. The molecular weight excluding hydrogens is 520 g/mol. The standard InChI is InChI=1S/C38H34O4/c1-27(37(39)41-35(29-16-7-3-8-17-29)30-18-9-4-10-19-30)33-24-15-25-34(26-33)28(2)38(40)42-36(31-20-11-5-12-21-31)32-22-13-6-14-23-32/h3-28,35-36H,1-2H3/t27-,28-/m1/s1. The molecule has 4 nitrogen and oxygen atoms in total. The van der Waals surface area contributed by atoms with Gasteiger partial charge in [-0.1, -0.05) is 146 Å². The van der Waals surface area contributed by atoms with E-state index < -0.39 is 24.0 Å². The molecule has 5 aromatic rings. The van der Waals surface area contributed by atoms with Crippen LogP contribution < -0.4 is 0 Å². The molecule has 0 spiro atoms. The summed E-state index contributed by atoms with van der Waals surface area (Å²) in [6.07, 6.45) is -1.04. The maximum atomic E-state index is 13.5. The lowest BCUT2D eigenvalue weighted by molar-refractivity contribution is -0.149. The van der Waals surface area contributed by atoms with Crippen LogP contribution in [0.1, 0.15) is 71.3 Å². The van der Waals surface area contributed by atoms with Gasteiger partial charge in [0.2, 0.25) is 0 Å². The fourth-order valence-corrected chi connectivity index (χ4v) is 4.97. The molecule has 0 unspecified atom stereocenters. The van der Waals surface area contributed by atoms with Crippen LogP contribution in [0.2, 0.25) is 0 Å². The minimum absolute atomic E-state index is 0.340. The average Bonchev–Trinajstić information content (AvgIpc) is 3.06. The molecule has 0 bridgehead atoms. The van der Waals surface area contributed by atoms with E-state index in [2.05, 4.69) is 0 Å². The van der Waals surface area contributed by atoms with Crippen molar-refractivity contribution in [3.8, 4) is 0 Å². The van der Waals surface area contributed by atoms with E-state index in [1.165, 1.54) is 0 Å². The molecule has 0 radical (unpaired) electrons. The van der Waals surface area contributed by atoms with Crippen molar-refractivity contribution in [2.45, 2.75) is 37.9 Å². The molecule has 0 aliphatic rings. The smallest absolute Gasteiger partial charge is 0.314 e. The van der Waals surface area contributed by atoms with Gasteiger partial charge in [-0.25, -0.2) is 0 Å². The quantitative estimate of drug-likeness (QED) is 0.162. The Labute approximate surface area is 247 Å². The maximum absolute atomic E-state index is 13.5. The molecule has 0 heterocycles. The highest BCUT2D eigenvalue weighted by molar-refractivity contribution is 5.80. The van der Waals surface area contributed by atoms with Crippen LogP contribution >= 0.6 is 0 Å². The summed E-state index contributed by atoms with van der Waals surface area (Å²) in [7, 11) is 0. The number of benzene rings is 5. The van der Waals surface area contributed by atoms with Gasteiger partial charge in [-0.2, -0.15) is 0 Å². The lowest BCUT2D eigenvalue weighted by Crippen LogP contribution is -2.19. The van der Waals surface area contributed by atoms with Crippen molar-refractivity contribution in [3.63, 3.8) is 0 Å². The highest BCUT2D eigenvalue weighted by atomic mass is 16.5. The molecule has 0 saturated carbocycles. The van der Waals surface area contributed by atoms with E-state index in [1.54, 1.807) is 0 Å². The van der Waals surface area contributed by atoms with Gasteiger partial charge in [0, 0.05) is 0 Å². The number of hydrogen-bond donors (Lipinski definition) is 0. The maximum Gasteiger partial charge on any atom is 0.314 e. The van der Waals surface area contributed by atoms with Crippen molar-refractivity contribution < 1.29 is 19.1 Å². The topological polar surface area (TPSA) is 52.6 Å². The second-order valence-corrected chi connectivity index (χ2v) is 10.4. The summed E-state index contributed by atoms with van der Waals surface area (Å²) in [4.78, 5) is 26.9. The number of ether oxygens (including phenoxy) is 2. The van der Waals surface area contributed by atoms with Crippen molar-refractivity contribution in [2.24, 2.45) is 0 Å². The average molecular weight is 555 g/mol. The normalized spacial score (nSPS) is 12.5. The van der Waals surface area contributed by atoms with E-state index in [-0.39, 0.29) is 11.9 Å². The van der Waals surface area contributed by atoms with Gasteiger partial charge in [0.15, 0.2) is 12.2 Å². The zero-order valence-corrected chi connectivity index (χ0v) is 23.8. The first-order valence-corrected chi connectivity index (χ1v) is 14.2. The first kappa shape index (κ1) is 28.6. The number of hydrogen-bond acceptors (Lipinski definition) is 4. The number of esters is 2. The molecule has 42 heavy (non-hydrogen) atoms. The highest BCUT2D eigenvalue weighted by Crippen LogP contribution is 2.32. The Balaban J connectivity index is 1.33. The first-order chi connectivity index (χ1) is 20.5. The third-order valence-electron chi connectivity index (χ3n) is 7.50. The van der Waals surface area contributed by atoms with E-state index in [4.69, 9.17) is 9.47 Å². The predicted octanol–water partition coefficient (Wildman–Crippen LogP) is 8.56. The Kier molecular flexibility index (Phi) is 9.25. The summed E-state index contributed by atoms with van der Waals surface area (Å²) in [6.45, 7) is 3.66. The minimum Gasteiger partial charge on any atom is -0.452 e. The number of carbonyl (C=O) groups is 2. The van der Waals surface area contributed by atoms with Crippen LogP contribution in [0.5, 0.6) is 0 Å². The summed E-state index contributed by atoms with van der Waals surface area (Å²) in [6, 6.07) is 46.5. The fraction of sp³-hybridized carbons (Fsp3) is 0.158. The van der Waals surface area contributed by atoms with Gasteiger partial charge in [0.1, 0.15) is 0 Å². The Morgan fingerprint density at radius 3 is 0.952 bits per heavy atom. The second kappa shape index (κ2) is 13.6. The van der Waals surface area contributed by atoms with E-state index in [9.17, 15) is 9.59 Å². The van der Waals surface area contributed by atoms with Gasteiger partial charge in [-0.15, -0.1) is 0 Å². The molecular formula is C38H34O4. The molecule has 0 aromatic heterocycles. The molecule has 0 amide bonds. The van der Waals surface area contributed by atoms with E-state index >= 15 is 0 Å². The molecule has 5 aromatic carbocycles. The van der Waals surface area contributed by atoms with Gasteiger partial charge in [-0.3, -0.25) is 9.59 Å². The molecule has 4 heteroatoms. The summed E-state index contributed by atoms with van der Waals surface area (Å²) in [5.74, 6) is -1.75. The molecule has 5 rings (SSSR count). The zero-order valence-electron chi connectivity index (χ0n) is 23.8.